The quantitative estimate of drug-likeness (QED) is 0.346. The fourth-order valence-corrected chi connectivity index (χ4v) is 6.97. The number of rotatable bonds is 9. The van der Waals surface area contributed by atoms with Crippen molar-refractivity contribution in [3.05, 3.63) is 24.3 Å². The summed E-state index contributed by atoms with van der Waals surface area (Å²) in [6.45, 7) is 20.2. The molecule has 0 saturated heterocycles. The lowest BCUT2D eigenvalue weighted by Crippen LogP contribution is -2.58. The first-order valence-electron chi connectivity index (χ1n) is 11.3. The van der Waals surface area contributed by atoms with Crippen LogP contribution in [0.1, 0.15) is 62.3 Å². The smallest absolute Gasteiger partial charge is 0.416 e. The molecule has 9 heteroatoms. The van der Waals surface area contributed by atoms with Crippen LogP contribution in [-0.2, 0) is 22.6 Å². The second-order valence-electron chi connectivity index (χ2n) is 11.7. The molecule has 0 aromatic rings. The highest BCUT2D eigenvalue weighted by Crippen LogP contribution is 2.60. The summed E-state index contributed by atoms with van der Waals surface area (Å²) >= 11 is 0. The first-order chi connectivity index (χ1) is 14.2. The number of aliphatic hydroxyl groups is 2. The van der Waals surface area contributed by atoms with Crippen LogP contribution in [0.25, 0.3) is 0 Å². The summed E-state index contributed by atoms with van der Waals surface area (Å²) in [5.74, 6) is -0.551. The van der Waals surface area contributed by atoms with Gasteiger partial charge in [0.1, 0.15) is 11.7 Å². The average Bonchev–Trinajstić information content (AvgIpc) is 2.54. The molecule has 0 fully saturated rings. The van der Waals surface area contributed by atoms with Crippen LogP contribution in [0.5, 0.6) is 0 Å². The van der Waals surface area contributed by atoms with Gasteiger partial charge in [0.15, 0.2) is 9.04 Å². The van der Waals surface area contributed by atoms with Crippen molar-refractivity contribution < 1.29 is 32.8 Å². The van der Waals surface area contributed by atoms with Crippen molar-refractivity contribution in [2.45, 2.75) is 104 Å². The molecule has 0 saturated carbocycles. The molecule has 0 heterocycles. The topological polar surface area (TPSA) is 94.5 Å². The van der Waals surface area contributed by atoms with Crippen molar-refractivity contribution in [1.82, 2.24) is 0 Å². The van der Waals surface area contributed by atoms with Gasteiger partial charge in [-0.05, 0) is 66.1 Å². The largest absolute Gasteiger partial charge is 0.476 e. The Hall–Kier alpha value is -0.313. The molecule has 0 radical (unpaired) electrons. The lowest BCUT2D eigenvalue weighted by Gasteiger charge is -2.49. The molecule has 0 aromatic heterocycles. The molecule has 7 nitrogen and oxygen atoms in total. The summed E-state index contributed by atoms with van der Waals surface area (Å²) in [7, 11) is -5.74. The van der Waals surface area contributed by atoms with Crippen LogP contribution in [0.3, 0.4) is 0 Å². The third-order valence-corrected chi connectivity index (χ3v) is 7.56. The van der Waals surface area contributed by atoms with E-state index < -0.39 is 52.3 Å². The van der Waals surface area contributed by atoms with Crippen LogP contribution < -0.4 is 0 Å². The average molecular weight is 493 g/mol. The van der Waals surface area contributed by atoms with E-state index in [4.69, 9.17) is 18.0 Å². The molecule has 0 aliphatic heterocycles. The predicted molar refractivity (Wildman–Crippen MR) is 131 cm³/mol. The molecule has 0 spiro atoms. The van der Waals surface area contributed by atoms with Crippen LogP contribution in [0.15, 0.2) is 24.3 Å². The lowest BCUT2D eigenvalue weighted by molar-refractivity contribution is -0.131. The molecule has 32 heavy (non-hydrogen) atoms. The van der Waals surface area contributed by atoms with Gasteiger partial charge in [-0.1, -0.05) is 39.0 Å². The van der Waals surface area contributed by atoms with Crippen molar-refractivity contribution in [1.29, 1.82) is 0 Å². The van der Waals surface area contributed by atoms with E-state index >= 15 is 0 Å². The number of phosphoric acid groups is 1. The molecule has 4 atom stereocenters. The Morgan fingerprint density at radius 3 is 1.88 bits per heavy atom. The SMILES string of the molecule is C[SiH](C)OC(C1C=CC=CC1(OP(=O)(OC(C)(C)C)OC(C)(C)C)C(O)CO)C(C)(C)C. The fourth-order valence-electron chi connectivity index (χ4n) is 3.66. The van der Waals surface area contributed by atoms with Gasteiger partial charge in [-0.3, -0.25) is 13.6 Å². The monoisotopic (exact) mass is 492 g/mol. The number of allylic oxidation sites excluding steroid dienone is 2. The molecular formula is C23H45O7PSi. The maximum atomic E-state index is 14.0. The van der Waals surface area contributed by atoms with Crippen molar-refractivity contribution in [3.8, 4) is 0 Å². The highest BCUT2D eigenvalue weighted by molar-refractivity contribution is 7.48. The van der Waals surface area contributed by atoms with Gasteiger partial charge in [0, 0.05) is 5.92 Å². The van der Waals surface area contributed by atoms with Gasteiger partial charge in [-0.2, -0.15) is 0 Å². The number of hydrogen-bond donors (Lipinski definition) is 2. The second kappa shape index (κ2) is 10.5. The summed E-state index contributed by atoms with van der Waals surface area (Å²) in [6.07, 6.45) is 5.30. The minimum absolute atomic E-state index is 0.332. The van der Waals surface area contributed by atoms with Crippen molar-refractivity contribution in [3.63, 3.8) is 0 Å². The van der Waals surface area contributed by atoms with Crippen LogP contribution in [0.2, 0.25) is 13.1 Å². The minimum atomic E-state index is -4.23. The van der Waals surface area contributed by atoms with Gasteiger partial charge >= 0.3 is 7.82 Å². The van der Waals surface area contributed by atoms with E-state index in [0.29, 0.717) is 0 Å². The van der Waals surface area contributed by atoms with Gasteiger partial charge in [-0.25, -0.2) is 4.57 Å². The van der Waals surface area contributed by atoms with E-state index in [1.54, 1.807) is 53.7 Å². The molecule has 4 unspecified atom stereocenters. The van der Waals surface area contributed by atoms with Gasteiger partial charge < -0.3 is 14.6 Å². The predicted octanol–water partition coefficient (Wildman–Crippen LogP) is 4.99. The standard InChI is InChI=1S/C23H45O7PSi/c1-20(2,3)19(27-32(10)11)17-14-12-13-15-23(17,18(25)16-24)30-31(26,28-21(4,5)6)29-22(7,8)9/h12-15,17-19,24-25,32H,16H2,1-11H3. The summed E-state index contributed by atoms with van der Waals surface area (Å²) in [4.78, 5) is 0. The van der Waals surface area contributed by atoms with E-state index in [1.807, 2.05) is 32.9 Å². The zero-order valence-corrected chi connectivity index (χ0v) is 23.8. The van der Waals surface area contributed by atoms with E-state index in [9.17, 15) is 14.8 Å². The fraction of sp³-hybridized carbons (Fsp3) is 0.826. The van der Waals surface area contributed by atoms with Gasteiger partial charge in [0.05, 0.1) is 23.9 Å². The molecule has 1 rings (SSSR count). The molecule has 1 aliphatic rings. The maximum Gasteiger partial charge on any atom is 0.476 e. The van der Waals surface area contributed by atoms with Crippen LogP contribution >= 0.6 is 7.82 Å². The number of phosphoric ester groups is 1. The minimum Gasteiger partial charge on any atom is -0.416 e. The Morgan fingerprint density at radius 2 is 1.50 bits per heavy atom. The number of hydrogen-bond acceptors (Lipinski definition) is 7. The normalized spacial score (nSPS) is 24.8. The zero-order valence-electron chi connectivity index (χ0n) is 21.7. The van der Waals surface area contributed by atoms with Crippen molar-refractivity contribution in [2.75, 3.05) is 6.61 Å². The third kappa shape index (κ3) is 8.48. The highest BCUT2D eigenvalue weighted by atomic mass is 31.2. The van der Waals surface area contributed by atoms with Crippen molar-refractivity contribution >= 4 is 16.9 Å². The molecule has 0 amide bonds. The summed E-state index contributed by atoms with van der Waals surface area (Å²) in [5.41, 5.74) is -3.61. The Morgan fingerprint density at radius 1 is 1.00 bits per heavy atom. The van der Waals surface area contributed by atoms with Crippen molar-refractivity contribution in [2.24, 2.45) is 11.3 Å². The summed E-state index contributed by atoms with van der Waals surface area (Å²) in [5, 5.41) is 21.1. The lowest BCUT2D eigenvalue weighted by atomic mass is 9.70. The Bertz CT molecular complexity index is 695. The van der Waals surface area contributed by atoms with Gasteiger partial charge in [0.2, 0.25) is 0 Å². The van der Waals surface area contributed by atoms with E-state index in [1.165, 1.54) is 0 Å². The Balaban J connectivity index is 3.67. The molecule has 0 aromatic carbocycles. The Kier molecular flexibility index (Phi) is 9.78. The zero-order chi connectivity index (χ0) is 25.2. The van der Waals surface area contributed by atoms with E-state index in [-0.39, 0.29) is 11.5 Å². The maximum absolute atomic E-state index is 14.0. The summed E-state index contributed by atoms with van der Waals surface area (Å²) < 4.78 is 38.4. The van der Waals surface area contributed by atoms with Crippen LogP contribution in [0, 0.1) is 11.3 Å². The summed E-state index contributed by atoms with van der Waals surface area (Å²) in [6, 6.07) is 0. The van der Waals surface area contributed by atoms with Gasteiger partial charge in [-0.15, -0.1) is 0 Å². The molecular weight excluding hydrogens is 447 g/mol. The van der Waals surface area contributed by atoms with Crippen LogP contribution in [0.4, 0.5) is 0 Å². The molecule has 2 N–H and O–H groups in total. The van der Waals surface area contributed by atoms with E-state index in [0.717, 1.165) is 0 Å². The molecule has 1 aliphatic carbocycles. The molecule has 188 valence electrons. The Labute approximate surface area is 196 Å². The van der Waals surface area contributed by atoms with Crippen LogP contribution in [-0.4, -0.2) is 54.9 Å². The first kappa shape index (κ1) is 29.7. The number of aliphatic hydroxyl groups excluding tert-OH is 2. The second-order valence-corrected chi connectivity index (χ2v) is 15.6. The van der Waals surface area contributed by atoms with Gasteiger partial charge in [0.25, 0.3) is 0 Å². The highest BCUT2D eigenvalue weighted by Gasteiger charge is 2.55. The molecule has 0 bridgehead atoms. The first-order valence-corrected chi connectivity index (χ1v) is 15.5. The van der Waals surface area contributed by atoms with E-state index in [2.05, 4.69) is 13.1 Å². The third-order valence-electron chi connectivity index (χ3n) is 4.64.